The van der Waals surface area contributed by atoms with E-state index in [1.165, 1.54) is 4.90 Å². The number of carbonyl (C=O) groups is 2. The molecular weight excluding hydrogens is 328 g/mol. The van der Waals surface area contributed by atoms with E-state index >= 15 is 0 Å². The summed E-state index contributed by atoms with van der Waals surface area (Å²) < 4.78 is 5.41. The Balaban J connectivity index is 2.16. The first-order chi connectivity index (χ1) is 12.4. The molecule has 0 atom stereocenters. The molecule has 1 N–H and O–H groups in total. The van der Waals surface area contributed by atoms with Crippen LogP contribution in [-0.4, -0.2) is 29.9 Å². The van der Waals surface area contributed by atoms with Crippen molar-refractivity contribution in [1.29, 1.82) is 0 Å². The highest BCUT2D eigenvalue weighted by Gasteiger charge is 2.41. The van der Waals surface area contributed by atoms with Gasteiger partial charge in [0.15, 0.2) is 0 Å². The molecule has 1 aliphatic rings. The minimum absolute atomic E-state index is 0.239. The standard InChI is InChI=1S/C21H22N2O3/c1-13(2)23-20(24)18(16-10-5-6-11-17(16)26-4)19(21(23)25)22-15-9-7-8-14(3)12-15/h5-13,22H,1-4H3. The smallest absolute Gasteiger partial charge is 0.278 e. The third-order valence-corrected chi connectivity index (χ3v) is 4.30. The van der Waals surface area contributed by atoms with Gasteiger partial charge in [0.05, 0.1) is 12.7 Å². The predicted octanol–water partition coefficient (Wildman–Crippen LogP) is 3.60. The van der Waals surface area contributed by atoms with E-state index in [9.17, 15) is 9.59 Å². The van der Waals surface area contributed by atoms with Crippen molar-refractivity contribution in [3.63, 3.8) is 0 Å². The molecule has 2 aromatic rings. The predicted molar refractivity (Wildman–Crippen MR) is 102 cm³/mol. The van der Waals surface area contributed by atoms with Gasteiger partial charge in [-0.1, -0.05) is 30.3 Å². The van der Waals surface area contributed by atoms with E-state index in [-0.39, 0.29) is 23.6 Å². The Hall–Kier alpha value is -3.08. The molecule has 134 valence electrons. The summed E-state index contributed by atoms with van der Waals surface area (Å²) in [6, 6.07) is 14.7. The molecule has 0 aromatic heterocycles. The molecule has 0 unspecified atom stereocenters. The number of amides is 2. The molecular formula is C21H22N2O3. The maximum absolute atomic E-state index is 13.0. The van der Waals surface area contributed by atoms with Crippen molar-refractivity contribution in [2.75, 3.05) is 12.4 Å². The number of ether oxygens (including phenoxy) is 1. The van der Waals surface area contributed by atoms with E-state index < -0.39 is 0 Å². The van der Waals surface area contributed by atoms with Crippen molar-refractivity contribution in [2.24, 2.45) is 0 Å². The number of aryl methyl sites for hydroxylation is 1. The van der Waals surface area contributed by atoms with Crippen LogP contribution in [0.5, 0.6) is 5.75 Å². The van der Waals surface area contributed by atoms with Crippen molar-refractivity contribution in [3.05, 3.63) is 65.4 Å². The fraction of sp³-hybridized carbons (Fsp3) is 0.238. The van der Waals surface area contributed by atoms with Gasteiger partial charge < -0.3 is 10.1 Å². The van der Waals surface area contributed by atoms with Crippen molar-refractivity contribution >= 4 is 23.1 Å². The zero-order chi connectivity index (χ0) is 18.8. The molecule has 26 heavy (non-hydrogen) atoms. The van der Waals surface area contributed by atoms with Gasteiger partial charge in [0.1, 0.15) is 11.4 Å². The van der Waals surface area contributed by atoms with Crippen LogP contribution in [0.4, 0.5) is 5.69 Å². The van der Waals surface area contributed by atoms with E-state index in [1.807, 2.05) is 57.2 Å². The number of carbonyl (C=O) groups excluding carboxylic acids is 2. The molecule has 0 saturated heterocycles. The lowest BCUT2D eigenvalue weighted by molar-refractivity contribution is -0.138. The Kier molecular flexibility index (Phi) is 4.80. The second-order valence-corrected chi connectivity index (χ2v) is 6.52. The molecule has 5 nitrogen and oxygen atoms in total. The maximum atomic E-state index is 13.0. The summed E-state index contributed by atoms with van der Waals surface area (Å²) in [7, 11) is 1.55. The van der Waals surface area contributed by atoms with Crippen molar-refractivity contribution < 1.29 is 14.3 Å². The topological polar surface area (TPSA) is 58.6 Å². The number of imide groups is 1. The number of hydrogen-bond acceptors (Lipinski definition) is 4. The van der Waals surface area contributed by atoms with Crippen LogP contribution >= 0.6 is 0 Å². The van der Waals surface area contributed by atoms with E-state index in [4.69, 9.17) is 4.74 Å². The monoisotopic (exact) mass is 350 g/mol. The molecule has 0 bridgehead atoms. The summed E-state index contributed by atoms with van der Waals surface area (Å²) in [5, 5.41) is 3.16. The normalized spacial score (nSPS) is 14.4. The summed E-state index contributed by atoms with van der Waals surface area (Å²) in [6.07, 6.45) is 0. The first kappa shape index (κ1) is 17.7. The molecule has 1 heterocycles. The summed E-state index contributed by atoms with van der Waals surface area (Å²) in [5.41, 5.74) is 3.04. The molecule has 2 amide bonds. The van der Waals surface area contributed by atoms with Gasteiger partial charge in [-0.2, -0.15) is 0 Å². The first-order valence-corrected chi connectivity index (χ1v) is 8.53. The maximum Gasteiger partial charge on any atom is 0.278 e. The lowest BCUT2D eigenvalue weighted by Crippen LogP contribution is -2.38. The molecule has 5 heteroatoms. The minimum atomic E-state index is -0.326. The van der Waals surface area contributed by atoms with Crippen LogP contribution in [0.15, 0.2) is 54.2 Å². The largest absolute Gasteiger partial charge is 0.496 e. The Morgan fingerprint density at radius 1 is 1.00 bits per heavy atom. The highest BCUT2D eigenvalue weighted by Crippen LogP contribution is 2.35. The van der Waals surface area contributed by atoms with Crippen LogP contribution in [0.2, 0.25) is 0 Å². The van der Waals surface area contributed by atoms with E-state index in [1.54, 1.807) is 19.2 Å². The molecule has 2 aromatic carbocycles. The van der Waals surface area contributed by atoms with Crippen LogP contribution < -0.4 is 10.1 Å². The number of nitrogens with one attached hydrogen (secondary N) is 1. The molecule has 0 saturated carbocycles. The van der Waals surface area contributed by atoms with E-state index in [0.29, 0.717) is 16.9 Å². The van der Waals surface area contributed by atoms with Crippen LogP contribution in [0.3, 0.4) is 0 Å². The second kappa shape index (κ2) is 7.04. The highest BCUT2D eigenvalue weighted by atomic mass is 16.5. The number of anilines is 1. The van der Waals surface area contributed by atoms with Crippen LogP contribution in [0, 0.1) is 6.92 Å². The van der Waals surface area contributed by atoms with Gasteiger partial charge in [-0.05, 0) is 44.5 Å². The number of nitrogens with zero attached hydrogens (tertiary/aromatic N) is 1. The molecule has 1 aliphatic heterocycles. The summed E-state index contributed by atoms with van der Waals surface area (Å²) >= 11 is 0. The third kappa shape index (κ3) is 3.08. The summed E-state index contributed by atoms with van der Waals surface area (Å²) in [6.45, 7) is 5.62. The van der Waals surface area contributed by atoms with Crippen LogP contribution in [-0.2, 0) is 9.59 Å². The fourth-order valence-corrected chi connectivity index (χ4v) is 3.10. The average Bonchev–Trinajstić information content (AvgIpc) is 2.85. The zero-order valence-corrected chi connectivity index (χ0v) is 15.4. The van der Waals surface area contributed by atoms with Crippen LogP contribution in [0.25, 0.3) is 5.57 Å². The number of benzene rings is 2. The quantitative estimate of drug-likeness (QED) is 0.837. The van der Waals surface area contributed by atoms with E-state index in [2.05, 4.69) is 5.32 Å². The van der Waals surface area contributed by atoms with Gasteiger partial charge in [-0.15, -0.1) is 0 Å². The summed E-state index contributed by atoms with van der Waals surface area (Å²) in [4.78, 5) is 27.3. The van der Waals surface area contributed by atoms with Crippen molar-refractivity contribution in [1.82, 2.24) is 4.90 Å². The van der Waals surface area contributed by atoms with Gasteiger partial charge in [-0.3, -0.25) is 14.5 Å². The Morgan fingerprint density at radius 2 is 1.73 bits per heavy atom. The Morgan fingerprint density at radius 3 is 2.38 bits per heavy atom. The van der Waals surface area contributed by atoms with E-state index in [0.717, 1.165) is 11.3 Å². The number of rotatable bonds is 5. The SMILES string of the molecule is COc1ccccc1C1=C(Nc2cccc(C)c2)C(=O)N(C(C)C)C1=O. The van der Waals surface area contributed by atoms with Crippen LogP contribution in [0.1, 0.15) is 25.0 Å². The number of hydrogen-bond donors (Lipinski definition) is 1. The Bertz CT molecular complexity index is 900. The molecule has 0 aliphatic carbocycles. The zero-order valence-electron chi connectivity index (χ0n) is 15.4. The molecule has 0 fully saturated rings. The van der Waals surface area contributed by atoms with Gasteiger partial charge in [-0.25, -0.2) is 0 Å². The fourth-order valence-electron chi connectivity index (χ4n) is 3.10. The minimum Gasteiger partial charge on any atom is -0.496 e. The highest BCUT2D eigenvalue weighted by molar-refractivity contribution is 6.37. The summed E-state index contributed by atoms with van der Waals surface area (Å²) in [5.74, 6) is -0.0881. The van der Waals surface area contributed by atoms with Gasteiger partial charge in [0.25, 0.3) is 11.8 Å². The van der Waals surface area contributed by atoms with Gasteiger partial charge in [0, 0.05) is 17.3 Å². The third-order valence-electron chi connectivity index (χ3n) is 4.30. The van der Waals surface area contributed by atoms with Gasteiger partial charge >= 0.3 is 0 Å². The van der Waals surface area contributed by atoms with Crippen molar-refractivity contribution in [2.45, 2.75) is 26.8 Å². The lowest BCUT2D eigenvalue weighted by atomic mass is 10.0. The Labute approximate surface area is 153 Å². The second-order valence-electron chi connectivity index (χ2n) is 6.52. The molecule has 0 radical (unpaired) electrons. The lowest BCUT2D eigenvalue weighted by Gasteiger charge is -2.19. The number of para-hydroxylation sites is 1. The average molecular weight is 350 g/mol. The molecule has 3 rings (SSSR count). The molecule has 0 spiro atoms. The van der Waals surface area contributed by atoms with Gasteiger partial charge in [0.2, 0.25) is 0 Å². The number of methoxy groups -OCH3 is 1. The van der Waals surface area contributed by atoms with Crippen molar-refractivity contribution in [3.8, 4) is 5.75 Å². The first-order valence-electron chi connectivity index (χ1n) is 8.53.